The summed E-state index contributed by atoms with van der Waals surface area (Å²) in [6.45, 7) is 2.72. The monoisotopic (exact) mass is 445 g/mol. The van der Waals surface area contributed by atoms with E-state index in [1.165, 1.54) is 21.3 Å². The van der Waals surface area contributed by atoms with E-state index in [0.717, 1.165) is 12.8 Å². The van der Waals surface area contributed by atoms with E-state index >= 15 is 0 Å². The second kappa shape index (κ2) is 8.97. The molecule has 0 saturated carbocycles. The van der Waals surface area contributed by atoms with Crippen LogP contribution >= 0.6 is 11.6 Å². The lowest BCUT2D eigenvalue weighted by Gasteiger charge is -2.13. The van der Waals surface area contributed by atoms with Crippen molar-refractivity contribution in [1.29, 1.82) is 0 Å². The van der Waals surface area contributed by atoms with Gasteiger partial charge >= 0.3 is 5.69 Å². The summed E-state index contributed by atoms with van der Waals surface area (Å²) in [7, 11) is 0. The molecule has 1 aromatic carbocycles. The molecule has 0 amide bonds. The van der Waals surface area contributed by atoms with Gasteiger partial charge in [-0.2, -0.15) is 4.98 Å². The molecular formula is C21H21ClFN5O3. The third-order valence-electron chi connectivity index (χ3n) is 5.12. The van der Waals surface area contributed by atoms with Gasteiger partial charge in [-0.1, -0.05) is 30.1 Å². The summed E-state index contributed by atoms with van der Waals surface area (Å²) in [5, 5.41) is 4.22. The van der Waals surface area contributed by atoms with E-state index in [2.05, 4.69) is 15.1 Å². The van der Waals surface area contributed by atoms with Gasteiger partial charge in [-0.3, -0.25) is 13.9 Å². The minimum Gasteiger partial charge on any atom is -0.339 e. The van der Waals surface area contributed by atoms with Crippen LogP contribution in [-0.2, 0) is 25.9 Å². The standard InChI is InChI=1S/C21H21ClFN5O3/c1-2-3-10-27-19-15(12-16(22)24-19)20(29)28(21(27)30)11-4-5-17-25-18(26-31-17)13-6-8-14(23)9-7-13/h6-9H,2-5,10-12H2,1H3. The van der Waals surface area contributed by atoms with E-state index in [1.54, 1.807) is 12.1 Å². The largest absolute Gasteiger partial charge is 0.339 e. The van der Waals surface area contributed by atoms with Gasteiger partial charge < -0.3 is 4.52 Å². The molecule has 1 aliphatic rings. The third-order valence-corrected chi connectivity index (χ3v) is 5.34. The number of aliphatic imine (C=N–C) groups is 1. The summed E-state index contributed by atoms with van der Waals surface area (Å²) in [6, 6.07) is 5.79. The second-order valence-corrected chi connectivity index (χ2v) is 7.77. The number of aryl methyl sites for hydroxylation is 1. The summed E-state index contributed by atoms with van der Waals surface area (Å²) in [4.78, 5) is 34.3. The van der Waals surface area contributed by atoms with Gasteiger partial charge in [0, 0.05) is 31.5 Å². The minimum atomic E-state index is -0.384. The van der Waals surface area contributed by atoms with Crippen molar-refractivity contribution in [1.82, 2.24) is 19.3 Å². The molecule has 0 N–H and O–H groups in total. The third kappa shape index (κ3) is 4.36. The highest BCUT2D eigenvalue weighted by atomic mass is 35.5. The highest BCUT2D eigenvalue weighted by Gasteiger charge is 2.24. The van der Waals surface area contributed by atoms with Gasteiger partial charge in [0.25, 0.3) is 5.56 Å². The molecule has 3 heterocycles. The summed E-state index contributed by atoms with van der Waals surface area (Å²) >= 11 is 6.04. The molecule has 10 heteroatoms. The molecule has 4 rings (SSSR count). The maximum Gasteiger partial charge on any atom is 0.332 e. The Balaban J connectivity index is 1.51. The summed E-state index contributed by atoms with van der Waals surface area (Å²) in [5.74, 6) is 0.777. The maximum atomic E-state index is 13.1. The number of benzene rings is 1. The Bertz CT molecular complexity index is 1240. The first-order valence-electron chi connectivity index (χ1n) is 10.2. The molecule has 0 spiro atoms. The second-order valence-electron chi connectivity index (χ2n) is 7.33. The molecule has 0 atom stereocenters. The number of nitrogens with zero attached hydrogens (tertiary/aromatic N) is 5. The van der Waals surface area contributed by atoms with Crippen molar-refractivity contribution in [2.45, 2.75) is 52.1 Å². The lowest BCUT2D eigenvalue weighted by molar-refractivity contribution is 0.371. The summed E-state index contributed by atoms with van der Waals surface area (Å²) in [6.07, 6.45) is 2.80. The van der Waals surface area contributed by atoms with Crippen molar-refractivity contribution in [3.63, 3.8) is 0 Å². The Morgan fingerprint density at radius 1 is 1.13 bits per heavy atom. The zero-order valence-electron chi connectivity index (χ0n) is 17.0. The number of rotatable bonds is 8. The number of aromatic nitrogens is 4. The van der Waals surface area contributed by atoms with Crippen LogP contribution < -0.4 is 11.2 Å². The van der Waals surface area contributed by atoms with Crippen LogP contribution in [0.4, 0.5) is 10.2 Å². The van der Waals surface area contributed by atoms with Gasteiger partial charge in [-0.05, 0) is 37.1 Å². The van der Waals surface area contributed by atoms with Gasteiger partial charge in [-0.15, -0.1) is 0 Å². The topological polar surface area (TPSA) is 95.3 Å². The van der Waals surface area contributed by atoms with E-state index in [0.29, 0.717) is 53.2 Å². The fourth-order valence-electron chi connectivity index (χ4n) is 3.50. The first-order valence-corrected chi connectivity index (χ1v) is 10.5. The minimum absolute atomic E-state index is 0.211. The van der Waals surface area contributed by atoms with Crippen LogP contribution in [0.5, 0.6) is 0 Å². The molecule has 0 saturated heterocycles. The number of halogens is 2. The molecular weight excluding hydrogens is 425 g/mol. The van der Waals surface area contributed by atoms with Crippen molar-refractivity contribution in [3.05, 3.63) is 62.4 Å². The Morgan fingerprint density at radius 3 is 2.61 bits per heavy atom. The van der Waals surface area contributed by atoms with Crippen molar-refractivity contribution >= 4 is 22.6 Å². The molecule has 3 aromatic rings. The zero-order valence-corrected chi connectivity index (χ0v) is 17.7. The maximum absolute atomic E-state index is 13.1. The average Bonchev–Trinajstić information content (AvgIpc) is 3.38. The van der Waals surface area contributed by atoms with E-state index in [-0.39, 0.29) is 30.0 Å². The van der Waals surface area contributed by atoms with Crippen LogP contribution in [0.15, 0.2) is 43.4 Å². The van der Waals surface area contributed by atoms with Crippen LogP contribution in [0.2, 0.25) is 0 Å². The molecule has 0 fully saturated rings. The fourth-order valence-corrected chi connectivity index (χ4v) is 3.72. The lowest BCUT2D eigenvalue weighted by atomic mass is 10.2. The number of unbranched alkanes of at least 4 members (excludes halogenated alkanes) is 1. The molecule has 0 radical (unpaired) electrons. The predicted molar refractivity (Wildman–Crippen MR) is 115 cm³/mol. The molecule has 0 bridgehead atoms. The normalized spacial score (nSPS) is 12.8. The first kappa shape index (κ1) is 21.2. The first-order chi connectivity index (χ1) is 15.0. The van der Waals surface area contributed by atoms with Gasteiger partial charge in [0.2, 0.25) is 11.7 Å². The smallest absolute Gasteiger partial charge is 0.332 e. The average molecular weight is 446 g/mol. The number of fused-ring (bicyclic) bond motifs is 1. The van der Waals surface area contributed by atoms with Gasteiger partial charge in [0.05, 0.1) is 5.56 Å². The van der Waals surface area contributed by atoms with Crippen LogP contribution in [0.1, 0.15) is 37.6 Å². The Morgan fingerprint density at radius 2 is 1.87 bits per heavy atom. The molecule has 8 nitrogen and oxygen atoms in total. The molecule has 0 aliphatic carbocycles. The summed E-state index contributed by atoms with van der Waals surface area (Å²) < 4.78 is 21.1. The summed E-state index contributed by atoms with van der Waals surface area (Å²) in [5.41, 5.74) is 0.355. The quantitative estimate of drug-likeness (QED) is 0.529. The molecule has 0 unspecified atom stereocenters. The van der Waals surface area contributed by atoms with Gasteiger partial charge in [-0.25, -0.2) is 14.2 Å². The van der Waals surface area contributed by atoms with Gasteiger partial charge in [0.15, 0.2) is 0 Å². The molecule has 1 aliphatic heterocycles. The van der Waals surface area contributed by atoms with Crippen LogP contribution in [0, 0.1) is 5.82 Å². The van der Waals surface area contributed by atoms with Crippen molar-refractivity contribution in [3.8, 4) is 11.4 Å². The highest BCUT2D eigenvalue weighted by molar-refractivity contribution is 6.66. The number of hydrogen-bond donors (Lipinski definition) is 0. The highest BCUT2D eigenvalue weighted by Crippen LogP contribution is 2.24. The van der Waals surface area contributed by atoms with Crippen molar-refractivity contribution in [2.24, 2.45) is 4.99 Å². The van der Waals surface area contributed by atoms with E-state index in [9.17, 15) is 14.0 Å². The Kier molecular flexibility index (Phi) is 6.13. The van der Waals surface area contributed by atoms with Crippen LogP contribution in [-0.4, -0.2) is 24.4 Å². The van der Waals surface area contributed by atoms with E-state index in [4.69, 9.17) is 16.1 Å². The molecule has 2 aromatic heterocycles. The zero-order chi connectivity index (χ0) is 22.0. The Hall–Kier alpha value is -3.07. The fraction of sp³-hybridized carbons (Fsp3) is 0.381. The molecule has 31 heavy (non-hydrogen) atoms. The van der Waals surface area contributed by atoms with Gasteiger partial charge in [0.1, 0.15) is 16.8 Å². The number of hydrogen-bond acceptors (Lipinski definition) is 6. The van der Waals surface area contributed by atoms with E-state index < -0.39 is 0 Å². The lowest BCUT2D eigenvalue weighted by Crippen LogP contribution is -2.41. The van der Waals surface area contributed by atoms with Crippen molar-refractivity contribution < 1.29 is 8.91 Å². The molecule has 162 valence electrons. The predicted octanol–water partition coefficient (Wildman–Crippen LogP) is 3.46. The van der Waals surface area contributed by atoms with Crippen molar-refractivity contribution in [2.75, 3.05) is 0 Å². The Labute approximate surface area is 182 Å². The van der Waals surface area contributed by atoms with Crippen LogP contribution in [0.3, 0.4) is 0 Å². The SMILES string of the molecule is CCCCn1c2c(c(=O)n(CCCc3nc(-c4ccc(F)cc4)no3)c1=O)CC(Cl)=N2. The van der Waals surface area contributed by atoms with E-state index in [1.807, 2.05) is 6.92 Å². The van der Waals surface area contributed by atoms with Crippen LogP contribution in [0.25, 0.3) is 11.4 Å².